The molecule has 0 bridgehead atoms. The second kappa shape index (κ2) is 6.56. The van der Waals surface area contributed by atoms with Gasteiger partial charge in [-0.15, -0.1) is 0 Å². The number of rotatable bonds is 3. The summed E-state index contributed by atoms with van der Waals surface area (Å²) in [6, 6.07) is 13.7. The van der Waals surface area contributed by atoms with Crippen molar-refractivity contribution in [1.29, 1.82) is 0 Å². The first-order valence-electron chi connectivity index (χ1n) is 9.38. The topological polar surface area (TPSA) is 109 Å². The van der Waals surface area contributed by atoms with Crippen LogP contribution in [0, 0.1) is 0 Å². The van der Waals surface area contributed by atoms with Gasteiger partial charge in [0.25, 0.3) is 0 Å². The molecular formula is C22H14N8. The van der Waals surface area contributed by atoms with Crippen LogP contribution in [0.3, 0.4) is 0 Å². The fourth-order valence-electron chi connectivity index (χ4n) is 3.56. The molecule has 8 nitrogen and oxygen atoms in total. The van der Waals surface area contributed by atoms with Gasteiger partial charge in [-0.2, -0.15) is 5.10 Å². The van der Waals surface area contributed by atoms with Gasteiger partial charge < -0.3 is 4.98 Å². The molecule has 0 saturated heterocycles. The maximum Gasteiger partial charge on any atom is 0.138 e. The van der Waals surface area contributed by atoms with E-state index in [1.54, 1.807) is 31.0 Å². The fraction of sp³-hybridized carbons (Fsp3) is 0. The third-order valence-corrected chi connectivity index (χ3v) is 4.96. The van der Waals surface area contributed by atoms with Crippen molar-refractivity contribution >= 4 is 22.1 Å². The molecular weight excluding hydrogens is 376 g/mol. The van der Waals surface area contributed by atoms with Gasteiger partial charge >= 0.3 is 0 Å². The molecule has 8 heteroatoms. The molecule has 6 aromatic rings. The van der Waals surface area contributed by atoms with Gasteiger partial charge in [-0.25, -0.2) is 9.97 Å². The van der Waals surface area contributed by atoms with E-state index in [1.807, 2.05) is 42.5 Å². The van der Waals surface area contributed by atoms with Crippen molar-refractivity contribution < 1.29 is 0 Å². The van der Waals surface area contributed by atoms with Gasteiger partial charge in [0.05, 0.1) is 28.8 Å². The van der Waals surface area contributed by atoms with Gasteiger partial charge in [-0.3, -0.25) is 20.1 Å². The highest BCUT2D eigenvalue weighted by molar-refractivity contribution is 5.98. The zero-order valence-corrected chi connectivity index (χ0v) is 15.6. The normalized spacial score (nSPS) is 11.3. The highest BCUT2D eigenvalue weighted by atomic mass is 15.1. The number of fused-ring (bicyclic) bond motifs is 2. The van der Waals surface area contributed by atoms with Gasteiger partial charge in [-0.1, -0.05) is 6.07 Å². The molecule has 6 heterocycles. The van der Waals surface area contributed by atoms with E-state index < -0.39 is 0 Å². The van der Waals surface area contributed by atoms with E-state index in [0.717, 1.165) is 50.4 Å². The number of aromatic amines is 2. The predicted octanol–water partition coefficient (Wildman–Crippen LogP) is 4.02. The molecule has 0 saturated carbocycles. The maximum absolute atomic E-state index is 4.78. The van der Waals surface area contributed by atoms with Crippen molar-refractivity contribution in [3.05, 3.63) is 73.4 Å². The lowest BCUT2D eigenvalue weighted by Crippen LogP contribution is -1.89. The summed E-state index contributed by atoms with van der Waals surface area (Å²) in [6.07, 6.45) is 8.55. The van der Waals surface area contributed by atoms with E-state index >= 15 is 0 Å². The second-order valence-corrected chi connectivity index (χ2v) is 6.77. The predicted molar refractivity (Wildman–Crippen MR) is 113 cm³/mol. The van der Waals surface area contributed by atoms with Crippen molar-refractivity contribution in [3.63, 3.8) is 0 Å². The summed E-state index contributed by atoms with van der Waals surface area (Å²) >= 11 is 0. The number of aromatic nitrogens is 8. The Kier molecular flexibility index (Phi) is 3.60. The molecule has 0 fully saturated rings. The molecule has 0 atom stereocenters. The van der Waals surface area contributed by atoms with Crippen LogP contribution in [0.5, 0.6) is 0 Å². The van der Waals surface area contributed by atoms with Crippen LogP contribution in [0.2, 0.25) is 0 Å². The Morgan fingerprint density at radius 2 is 1.73 bits per heavy atom. The zero-order valence-electron chi connectivity index (χ0n) is 15.6. The lowest BCUT2D eigenvalue weighted by Gasteiger charge is -2.00. The Labute approximate surface area is 170 Å². The number of pyridine rings is 3. The molecule has 142 valence electrons. The van der Waals surface area contributed by atoms with Crippen LogP contribution >= 0.6 is 0 Å². The number of hydrogen-bond acceptors (Lipinski definition) is 6. The molecule has 6 aromatic heterocycles. The molecule has 0 aliphatic carbocycles. The van der Waals surface area contributed by atoms with E-state index in [1.165, 1.54) is 0 Å². The largest absolute Gasteiger partial charge is 0.338 e. The van der Waals surface area contributed by atoms with Crippen molar-refractivity contribution in [2.24, 2.45) is 0 Å². The van der Waals surface area contributed by atoms with Crippen molar-refractivity contribution in [2.75, 3.05) is 0 Å². The minimum absolute atomic E-state index is 0.710. The summed E-state index contributed by atoms with van der Waals surface area (Å²) in [7, 11) is 0. The van der Waals surface area contributed by atoms with Crippen LogP contribution in [0.15, 0.2) is 73.4 Å². The van der Waals surface area contributed by atoms with E-state index in [0.29, 0.717) is 5.69 Å². The minimum Gasteiger partial charge on any atom is -0.338 e. The number of H-pyrrole nitrogens is 2. The summed E-state index contributed by atoms with van der Waals surface area (Å²) in [6.45, 7) is 0. The van der Waals surface area contributed by atoms with Gasteiger partial charge in [0.2, 0.25) is 0 Å². The first-order valence-corrected chi connectivity index (χ1v) is 9.38. The molecule has 2 N–H and O–H groups in total. The highest BCUT2D eigenvalue weighted by Crippen LogP contribution is 2.32. The van der Waals surface area contributed by atoms with Gasteiger partial charge in [0, 0.05) is 35.7 Å². The lowest BCUT2D eigenvalue weighted by atomic mass is 10.1. The Morgan fingerprint density at radius 3 is 2.60 bits per heavy atom. The van der Waals surface area contributed by atoms with E-state index in [2.05, 4.69) is 35.1 Å². The Hall–Kier alpha value is -4.46. The molecule has 6 rings (SSSR count). The van der Waals surface area contributed by atoms with Crippen LogP contribution in [0.4, 0.5) is 0 Å². The highest BCUT2D eigenvalue weighted by Gasteiger charge is 2.16. The van der Waals surface area contributed by atoms with Gasteiger partial charge in [0.15, 0.2) is 0 Å². The first-order chi connectivity index (χ1) is 14.9. The molecule has 0 aromatic carbocycles. The summed E-state index contributed by atoms with van der Waals surface area (Å²) in [5, 5.41) is 8.53. The quantitative estimate of drug-likeness (QED) is 0.472. The van der Waals surface area contributed by atoms with Crippen molar-refractivity contribution in [3.8, 4) is 34.0 Å². The zero-order chi connectivity index (χ0) is 19.9. The Bertz CT molecular complexity index is 1490. The number of nitrogens with zero attached hydrogens (tertiary/aromatic N) is 6. The van der Waals surface area contributed by atoms with Gasteiger partial charge in [-0.05, 0) is 36.4 Å². The molecule has 0 radical (unpaired) electrons. The van der Waals surface area contributed by atoms with E-state index in [4.69, 9.17) is 4.98 Å². The van der Waals surface area contributed by atoms with Crippen LogP contribution < -0.4 is 0 Å². The Morgan fingerprint density at radius 1 is 0.767 bits per heavy atom. The molecule has 30 heavy (non-hydrogen) atoms. The summed E-state index contributed by atoms with van der Waals surface area (Å²) in [5.41, 5.74) is 7.27. The third-order valence-electron chi connectivity index (χ3n) is 4.96. The molecule has 0 amide bonds. The van der Waals surface area contributed by atoms with Crippen LogP contribution in [-0.4, -0.2) is 40.1 Å². The molecule has 0 aliphatic heterocycles. The average Bonchev–Trinajstić information content (AvgIpc) is 3.43. The minimum atomic E-state index is 0.710. The van der Waals surface area contributed by atoms with Crippen LogP contribution in [-0.2, 0) is 0 Å². The van der Waals surface area contributed by atoms with Crippen LogP contribution in [0.25, 0.3) is 56.1 Å². The molecule has 0 unspecified atom stereocenters. The standard InChI is InChI=1S/C22H14N8/c1-2-7-24-15(3-1)13-6-8-26-22-14(13)11-18(28-22)21-20-17(29-30-21)5-4-16(27-20)19-12-23-9-10-25-19/h1-12H,(H,26,28)(H,29,30). The van der Waals surface area contributed by atoms with Crippen molar-refractivity contribution in [2.45, 2.75) is 0 Å². The van der Waals surface area contributed by atoms with Gasteiger partial charge in [0.1, 0.15) is 22.6 Å². The smallest absolute Gasteiger partial charge is 0.138 e. The average molecular weight is 390 g/mol. The SMILES string of the molecule is c1ccc(-c2ccnc3[nH]c(-c4n[nH]c5ccc(-c6cnccn6)nc45)cc23)nc1. The lowest BCUT2D eigenvalue weighted by molar-refractivity contribution is 1.12. The summed E-state index contributed by atoms with van der Waals surface area (Å²) in [5.74, 6) is 0. The van der Waals surface area contributed by atoms with Crippen molar-refractivity contribution in [1.82, 2.24) is 40.1 Å². The van der Waals surface area contributed by atoms with E-state index in [9.17, 15) is 0 Å². The van der Waals surface area contributed by atoms with E-state index in [-0.39, 0.29) is 0 Å². The summed E-state index contributed by atoms with van der Waals surface area (Å²) < 4.78 is 0. The fourth-order valence-corrected chi connectivity index (χ4v) is 3.56. The number of hydrogen-bond donors (Lipinski definition) is 2. The Balaban J connectivity index is 1.52. The van der Waals surface area contributed by atoms with Crippen LogP contribution in [0.1, 0.15) is 0 Å². The number of nitrogens with one attached hydrogen (secondary N) is 2. The maximum atomic E-state index is 4.78. The molecule has 0 aliphatic rings. The monoisotopic (exact) mass is 390 g/mol. The second-order valence-electron chi connectivity index (χ2n) is 6.77. The summed E-state index contributed by atoms with van der Waals surface area (Å²) in [4.78, 5) is 25.6. The first kappa shape index (κ1) is 16.5. The third kappa shape index (κ3) is 2.62. The molecule has 0 spiro atoms.